The molecule has 7 heteroatoms. The first-order valence-electron chi connectivity index (χ1n) is 6.46. The van der Waals surface area contributed by atoms with Crippen molar-refractivity contribution >= 4 is 0 Å². The maximum absolute atomic E-state index is 14.0. The Morgan fingerprint density at radius 3 is 2.59 bits per heavy atom. The quantitative estimate of drug-likeness (QED) is 0.857. The second-order valence-electron chi connectivity index (χ2n) is 4.58. The SMILES string of the molecule is COc1cc(-c2ccccc2CNCC(F)(F)F)c(F)cn1. The molecule has 0 spiro atoms. The zero-order chi connectivity index (χ0) is 16.2. The average molecular weight is 314 g/mol. The molecule has 1 aromatic heterocycles. The Morgan fingerprint density at radius 2 is 1.91 bits per heavy atom. The maximum Gasteiger partial charge on any atom is 0.401 e. The molecular weight excluding hydrogens is 300 g/mol. The van der Waals surface area contributed by atoms with Crippen molar-refractivity contribution in [1.29, 1.82) is 0 Å². The molecule has 0 aliphatic carbocycles. The Morgan fingerprint density at radius 1 is 1.18 bits per heavy atom. The van der Waals surface area contributed by atoms with Crippen molar-refractivity contribution in [2.75, 3.05) is 13.7 Å². The Labute approximate surface area is 124 Å². The van der Waals surface area contributed by atoms with Crippen LogP contribution in [0.5, 0.6) is 5.88 Å². The van der Waals surface area contributed by atoms with Crippen LogP contribution in [0.1, 0.15) is 5.56 Å². The van der Waals surface area contributed by atoms with Gasteiger partial charge in [-0.05, 0) is 11.1 Å². The number of benzene rings is 1. The largest absolute Gasteiger partial charge is 0.481 e. The molecule has 22 heavy (non-hydrogen) atoms. The second kappa shape index (κ2) is 6.74. The highest BCUT2D eigenvalue weighted by Crippen LogP contribution is 2.28. The van der Waals surface area contributed by atoms with Crippen LogP contribution < -0.4 is 10.1 Å². The van der Waals surface area contributed by atoms with E-state index in [4.69, 9.17) is 4.74 Å². The smallest absolute Gasteiger partial charge is 0.401 e. The normalized spacial score (nSPS) is 11.5. The van der Waals surface area contributed by atoms with E-state index in [2.05, 4.69) is 10.3 Å². The lowest BCUT2D eigenvalue weighted by Gasteiger charge is -2.13. The molecule has 0 amide bonds. The van der Waals surface area contributed by atoms with Crippen molar-refractivity contribution in [2.45, 2.75) is 12.7 Å². The first-order valence-corrected chi connectivity index (χ1v) is 6.46. The summed E-state index contributed by atoms with van der Waals surface area (Å²) < 4.78 is 55.5. The third-order valence-electron chi connectivity index (χ3n) is 2.99. The summed E-state index contributed by atoms with van der Waals surface area (Å²) in [5.74, 6) is -0.335. The number of rotatable bonds is 5. The number of alkyl halides is 3. The fourth-order valence-corrected chi connectivity index (χ4v) is 2.01. The molecule has 1 aromatic carbocycles. The molecular formula is C15H14F4N2O. The molecule has 1 N–H and O–H groups in total. The summed E-state index contributed by atoms with van der Waals surface area (Å²) in [5, 5.41) is 2.31. The summed E-state index contributed by atoms with van der Waals surface area (Å²) in [6, 6.07) is 8.07. The summed E-state index contributed by atoms with van der Waals surface area (Å²) in [6.45, 7) is -1.14. The fourth-order valence-electron chi connectivity index (χ4n) is 2.01. The standard InChI is InChI=1S/C15H14F4N2O/c1-22-14-6-12(13(16)8-21-14)11-5-3-2-4-10(11)7-20-9-15(17,18)19/h2-6,8,20H,7,9H2,1H3. The number of aromatic nitrogens is 1. The number of halogens is 4. The monoisotopic (exact) mass is 314 g/mol. The fraction of sp³-hybridized carbons (Fsp3) is 0.267. The third kappa shape index (κ3) is 4.17. The van der Waals surface area contributed by atoms with Gasteiger partial charge in [0.2, 0.25) is 5.88 Å². The number of nitrogens with one attached hydrogen (secondary N) is 1. The molecule has 1 heterocycles. The summed E-state index contributed by atoms with van der Waals surface area (Å²) in [4.78, 5) is 3.75. The Kier molecular flexibility index (Phi) is 4.97. The highest BCUT2D eigenvalue weighted by atomic mass is 19.4. The van der Waals surface area contributed by atoms with E-state index in [1.807, 2.05) is 0 Å². The van der Waals surface area contributed by atoms with Gasteiger partial charge in [0.15, 0.2) is 0 Å². The maximum atomic E-state index is 14.0. The van der Waals surface area contributed by atoms with Crippen molar-refractivity contribution in [1.82, 2.24) is 10.3 Å². The lowest BCUT2D eigenvalue weighted by Crippen LogP contribution is -2.28. The number of methoxy groups -OCH3 is 1. The van der Waals surface area contributed by atoms with Gasteiger partial charge >= 0.3 is 6.18 Å². The van der Waals surface area contributed by atoms with Gasteiger partial charge in [-0.2, -0.15) is 13.2 Å². The first kappa shape index (κ1) is 16.2. The van der Waals surface area contributed by atoms with Crippen LogP contribution in [0.15, 0.2) is 36.5 Å². The predicted molar refractivity (Wildman–Crippen MR) is 73.9 cm³/mol. The molecule has 0 saturated heterocycles. The van der Waals surface area contributed by atoms with Crippen molar-refractivity contribution in [3.8, 4) is 17.0 Å². The van der Waals surface area contributed by atoms with Crippen LogP contribution in [-0.4, -0.2) is 24.8 Å². The van der Waals surface area contributed by atoms with Crippen molar-refractivity contribution in [3.63, 3.8) is 0 Å². The van der Waals surface area contributed by atoms with Crippen LogP contribution in [-0.2, 0) is 6.54 Å². The zero-order valence-corrected chi connectivity index (χ0v) is 11.7. The van der Waals surface area contributed by atoms with Gasteiger partial charge in [0.1, 0.15) is 5.82 Å². The lowest BCUT2D eigenvalue weighted by atomic mass is 10.00. The van der Waals surface area contributed by atoms with E-state index in [0.29, 0.717) is 11.1 Å². The molecule has 0 radical (unpaired) electrons. The van der Waals surface area contributed by atoms with E-state index < -0.39 is 18.5 Å². The summed E-state index contributed by atoms with van der Waals surface area (Å²) >= 11 is 0. The van der Waals surface area contributed by atoms with Crippen molar-refractivity contribution in [2.24, 2.45) is 0 Å². The summed E-state index contributed by atoms with van der Waals surface area (Å²) in [7, 11) is 1.40. The Hall–Kier alpha value is -2.15. The van der Waals surface area contributed by atoms with Gasteiger partial charge in [-0.15, -0.1) is 0 Å². The molecule has 2 aromatic rings. The third-order valence-corrected chi connectivity index (χ3v) is 2.99. The van der Waals surface area contributed by atoms with Gasteiger partial charge in [-0.3, -0.25) is 0 Å². The topological polar surface area (TPSA) is 34.1 Å². The van der Waals surface area contributed by atoms with Gasteiger partial charge in [0.05, 0.1) is 19.9 Å². The number of nitrogens with zero attached hydrogens (tertiary/aromatic N) is 1. The van der Waals surface area contributed by atoms with Gasteiger partial charge < -0.3 is 10.1 Å². The van der Waals surface area contributed by atoms with Crippen LogP contribution in [0, 0.1) is 5.82 Å². The summed E-state index contributed by atoms with van der Waals surface area (Å²) in [6.07, 6.45) is -3.27. The number of ether oxygens (including phenoxy) is 1. The molecule has 0 aliphatic heterocycles. The van der Waals surface area contributed by atoms with Crippen LogP contribution in [0.2, 0.25) is 0 Å². The van der Waals surface area contributed by atoms with E-state index in [0.717, 1.165) is 6.20 Å². The lowest BCUT2D eigenvalue weighted by molar-refractivity contribution is -0.125. The molecule has 118 valence electrons. The zero-order valence-electron chi connectivity index (χ0n) is 11.7. The van der Waals surface area contributed by atoms with Crippen LogP contribution in [0.4, 0.5) is 17.6 Å². The molecule has 0 saturated carbocycles. The minimum absolute atomic E-state index is 0.0280. The highest BCUT2D eigenvalue weighted by Gasteiger charge is 2.26. The number of hydrogen-bond donors (Lipinski definition) is 1. The summed E-state index contributed by atoms with van der Waals surface area (Å²) in [5.41, 5.74) is 1.28. The minimum atomic E-state index is -4.29. The minimum Gasteiger partial charge on any atom is -0.481 e. The first-order chi connectivity index (χ1) is 10.4. The van der Waals surface area contributed by atoms with Crippen molar-refractivity contribution < 1.29 is 22.3 Å². The van der Waals surface area contributed by atoms with Crippen molar-refractivity contribution in [3.05, 3.63) is 47.9 Å². The molecule has 0 bridgehead atoms. The number of hydrogen-bond acceptors (Lipinski definition) is 3. The van der Waals surface area contributed by atoms with E-state index in [1.165, 1.54) is 13.2 Å². The van der Waals surface area contributed by atoms with Gasteiger partial charge in [-0.25, -0.2) is 9.37 Å². The van der Waals surface area contributed by atoms with Gasteiger partial charge in [0, 0.05) is 18.2 Å². The molecule has 0 unspecified atom stereocenters. The number of pyridine rings is 1. The Bertz CT molecular complexity index is 644. The Balaban J connectivity index is 2.28. The van der Waals surface area contributed by atoms with Crippen LogP contribution in [0.25, 0.3) is 11.1 Å². The van der Waals surface area contributed by atoms with Crippen LogP contribution in [0.3, 0.4) is 0 Å². The van der Waals surface area contributed by atoms with Gasteiger partial charge in [0.25, 0.3) is 0 Å². The van der Waals surface area contributed by atoms with E-state index in [-0.39, 0.29) is 18.0 Å². The molecule has 0 aliphatic rings. The van der Waals surface area contributed by atoms with E-state index >= 15 is 0 Å². The van der Waals surface area contributed by atoms with Gasteiger partial charge in [-0.1, -0.05) is 24.3 Å². The second-order valence-corrected chi connectivity index (χ2v) is 4.58. The molecule has 2 rings (SSSR count). The average Bonchev–Trinajstić information content (AvgIpc) is 2.47. The molecule has 0 fully saturated rings. The van der Waals surface area contributed by atoms with E-state index in [1.54, 1.807) is 24.3 Å². The van der Waals surface area contributed by atoms with E-state index in [9.17, 15) is 17.6 Å². The molecule has 3 nitrogen and oxygen atoms in total. The predicted octanol–water partition coefficient (Wildman–Crippen LogP) is 3.55. The molecule has 0 atom stereocenters. The highest BCUT2D eigenvalue weighted by molar-refractivity contribution is 5.68. The van der Waals surface area contributed by atoms with Crippen LogP contribution >= 0.6 is 0 Å².